The van der Waals surface area contributed by atoms with Crippen LogP contribution >= 0.6 is 11.8 Å². The summed E-state index contributed by atoms with van der Waals surface area (Å²) in [5.41, 5.74) is 0.00782. The fourth-order valence-electron chi connectivity index (χ4n) is 1.22. The second-order valence-electron chi connectivity index (χ2n) is 2.90. The Balaban J connectivity index is 3.12. The lowest BCUT2D eigenvalue weighted by Crippen LogP contribution is -2.18. The summed E-state index contributed by atoms with van der Waals surface area (Å²) >= 11 is 1.28. The highest BCUT2D eigenvalue weighted by atomic mass is 32.2. The van der Waals surface area contributed by atoms with E-state index in [1.165, 1.54) is 17.8 Å². The number of ketones is 1. The summed E-state index contributed by atoms with van der Waals surface area (Å²) < 4.78 is 4.60. The number of Topliss-reactive ketones (excluding diaryl/α,β-unsaturated/α-hetero) is 1. The number of hydrogen-bond acceptors (Lipinski definition) is 5. The summed E-state index contributed by atoms with van der Waals surface area (Å²) in [6.45, 7) is 1.75. The van der Waals surface area contributed by atoms with E-state index in [-0.39, 0.29) is 17.9 Å². The van der Waals surface area contributed by atoms with Gasteiger partial charge < -0.3 is 9.84 Å². The molecule has 4 nitrogen and oxygen atoms in total. The summed E-state index contributed by atoms with van der Waals surface area (Å²) in [5.74, 6) is -1.96. The van der Waals surface area contributed by atoms with Gasteiger partial charge in [0.25, 0.3) is 5.78 Å². The van der Waals surface area contributed by atoms with Crippen LogP contribution in [0.15, 0.2) is 23.1 Å². The fourth-order valence-corrected chi connectivity index (χ4v) is 1.83. The first-order valence-electron chi connectivity index (χ1n) is 4.69. The first-order chi connectivity index (χ1) is 7.61. The maximum absolute atomic E-state index is 11.7. The normalized spacial score (nSPS) is 9.88. The van der Waals surface area contributed by atoms with Crippen LogP contribution < -0.4 is 0 Å². The molecule has 0 aliphatic heterocycles. The number of rotatable bonds is 4. The average molecular weight is 240 g/mol. The Bertz CT molecular complexity index is 414. The fraction of sp³-hybridized carbons (Fsp3) is 0.273. The highest BCUT2D eigenvalue weighted by Gasteiger charge is 2.23. The van der Waals surface area contributed by atoms with E-state index >= 15 is 0 Å². The molecule has 1 N–H and O–H groups in total. The van der Waals surface area contributed by atoms with Gasteiger partial charge >= 0.3 is 5.97 Å². The Morgan fingerprint density at radius 1 is 1.44 bits per heavy atom. The van der Waals surface area contributed by atoms with Crippen LogP contribution in [0.25, 0.3) is 0 Å². The van der Waals surface area contributed by atoms with Crippen LogP contribution in [0.2, 0.25) is 0 Å². The lowest BCUT2D eigenvalue weighted by atomic mass is 10.1. The van der Waals surface area contributed by atoms with E-state index in [4.69, 9.17) is 0 Å². The Morgan fingerprint density at radius 3 is 2.69 bits per heavy atom. The summed E-state index contributed by atoms with van der Waals surface area (Å²) in [6, 6.07) is 4.64. The van der Waals surface area contributed by atoms with E-state index in [9.17, 15) is 14.7 Å². The number of phenols is 1. The summed E-state index contributed by atoms with van der Waals surface area (Å²) in [4.78, 5) is 23.5. The lowest BCUT2D eigenvalue weighted by molar-refractivity contribution is -0.137. The van der Waals surface area contributed by atoms with E-state index in [2.05, 4.69) is 4.74 Å². The maximum atomic E-state index is 11.7. The second-order valence-corrected chi connectivity index (χ2v) is 3.75. The third kappa shape index (κ3) is 2.55. The third-order valence-corrected chi connectivity index (χ3v) is 2.69. The first-order valence-corrected chi connectivity index (χ1v) is 5.91. The zero-order valence-corrected chi connectivity index (χ0v) is 9.84. The third-order valence-electron chi connectivity index (χ3n) is 1.91. The minimum atomic E-state index is -0.945. The standard InChI is InChI=1S/C11H12O4S/c1-3-15-11(14)10(13)9-7(12)5-4-6-8(9)16-2/h4-6,12H,3H2,1-2H3. The molecule has 0 aliphatic rings. The topological polar surface area (TPSA) is 63.6 Å². The van der Waals surface area contributed by atoms with Crippen molar-refractivity contribution in [3.8, 4) is 5.75 Å². The molecule has 0 aliphatic carbocycles. The van der Waals surface area contributed by atoms with Crippen molar-refractivity contribution in [1.82, 2.24) is 0 Å². The number of hydrogen-bond donors (Lipinski definition) is 1. The van der Waals surface area contributed by atoms with Crippen molar-refractivity contribution >= 4 is 23.5 Å². The van der Waals surface area contributed by atoms with Gasteiger partial charge in [-0.05, 0) is 25.3 Å². The van der Waals surface area contributed by atoms with E-state index in [0.29, 0.717) is 4.90 Å². The highest BCUT2D eigenvalue weighted by molar-refractivity contribution is 7.98. The molecule has 0 radical (unpaired) electrons. The molecule has 0 aromatic heterocycles. The van der Waals surface area contributed by atoms with Gasteiger partial charge in [-0.1, -0.05) is 6.07 Å². The van der Waals surface area contributed by atoms with Crippen LogP contribution in [0.4, 0.5) is 0 Å². The molecule has 0 amide bonds. The molecule has 0 bridgehead atoms. The van der Waals surface area contributed by atoms with Crippen molar-refractivity contribution in [2.45, 2.75) is 11.8 Å². The number of ether oxygens (including phenoxy) is 1. The minimum Gasteiger partial charge on any atom is -0.507 e. The summed E-state index contributed by atoms with van der Waals surface area (Å²) in [6.07, 6.45) is 1.76. The van der Waals surface area contributed by atoms with Crippen LogP contribution in [0.5, 0.6) is 5.75 Å². The van der Waals surface area contributed by atoms with E-state index in [1.807, 2.05) is 0 Å². The van der Waals surface area contributed by atoms with Crippen molar-refractivity contribution in [1.29, 1.82) is 0 Å². The van der Waals surface area contributed by atoms with Gasteiger partial charge in [-0.25, -0.2) is 4.79 Å². The molecular weight excluding hydrogens is 228 g/mol. The Labute approximate surface area is 97.6 Å². The molecule has 1 aromatic carbocycles. The number of thioether (sulfide) groups is 1. The number of esters is 1. The maximum Gasteiger partial charge on any atom is 0.379 e. The van der Waals surface area contributed by atoms with Crippen molar-refractivity contribution in [2.24, 2.45) is 0 Å². The summed E-state index contributed by atoms with van der Waals surface area (Å²) in [5, 5.41) is 9.57. The molecule has 0 unspecified atom stereocenters. The molecule has 86 valence electrons. The van der Waals surface area contributed by atoms with Gasteiger partial charge in [0.15, 0.2) is 0 Å². The number of aromatic hydroxyl groups is 1. The Morgan fingerprint density at radius 2 is 2.12 bits per heavy atom. The first kappa shape index (κ1) is 12.6. The van der Waals surface area contributed by atoms with Gasteiger partial charge in [-0.3, -0.25) is 4.79 Å². The molecule has 0 heterocycles. The second kappa shape index (κ2) is 5.55. The van der Waals surface area contributed by atoms with Crippen molar-refractivity contribution in [3.05, 3.63) is 23.8 Å². The van der Waals surface area contributed by atoms with Gasteiger partial charge in [0.05, 0.1) is 12.2 Å². The largest absolute Gasteiger partial charge is 0.507 e. The molecule has 0 saturated carbocycles. The smallest absolute Gasteiger partial charge is 0.379 e. The lowest BCUT2D eigenvalue weighted by Gasteiger charge is -2.07. The van der Waals surface area contributed by atoms with Gasteiger partial charge in [0.1, 0.15) is 5.75 Å². The van der Waals surface area contributed by atoms with Crippen LogP contribution in [0.1, 0.15) is 17.3 Å². The van der Waals surface area contributed by atoms with Crippen LogP contribution in [0.3, 0.4) is 0 Å². The van der Waals surface area contributed by atoms with Crippen LogP contribution in [0, 0.1) is 0 Å². The molecule has 0 atom stereocenters. The average Bonchev–Trinajstić information content (AvgIpc) is 2.28. The predicted molar refractivity (Wildman–Crippen MR) is 60.9 cm³/mol. The van der Waals surface area contributed by atoms with Gasteiger partial charge in [0, 0.05) is 4.90 Å². The van der Waals surface area contributed by atoms with Gasteiger partial charge in [0.2, 0.25) is 0 Å². The predicted octanol–water partition coefficient (Wildman–Crippen LogP) is 1.86. The van der Waals surface area contributed by atoms with Gasteiger partial charge in [-0.15, -0.1) is 11.8 Å². The number of phenolic OH excluding ortho intramolecular Hbond substituents is 1. The number of benzene rings is 1. The number of carbonyl (C=O) groups excluding carboxylic acids is 2. The molecule has 1 rings (SSSR count). The molecule has 0 fully saturated rings. The van der Waals surface area contributed by atoms with Crippen molar-refractivity contribution in [2.75, 3.05) is 12.9 Å². The van der Waals surface area contributed by atoms with Crippen LogP contribution in [-0.2, 0) is 9.53 Å². The van der Waals surface area contributed by atoms with E-state index in [0.717, 1.165) is 0 Å². The molecule has 0 spiro atoms. The zero-order valence-electron chi connectivity index (χ0n) is 9.02. The highest BCUT2D eigenvalue weighted by Crippen LogP contribution is 2.28. The zero-order chi connectivity index (χ0) is 12.1. The molecule has 16 heavy (non-hydrogen) atoms. The van der Waals surface area contributed by atoms with Gasteiger partial charge in [-0.2, -0.15) is 0 Å². The van der Waals surface area contributed by atoms with Crippen molar-refractivity contribution in [3.63, 3.8) is 0 Å². The molecule has 5 heteroatoms. The molecular formula is C11H12O4S. The van der Waals surface area contributed by atoms with E-state index < -0.39 is 11.8 Å². The molecule has 0 saturated heterocycles. The Kier molecular flexibility index (Phi) is 4.37. The Hall–Kier alpha value is -1.49. The SMILES string of the molecule is CCOC(=O)C(=O)c1c(O)cccc1SC. The number of carbonyl (C=O) groups is 2. The summed E-state index contributed by atoms with van der Waals surface area (Å²) in [7, 11) is 0. The quantitative estimate of drug-likeness (QED) is 0.376. The monoisotopic (exact) mass is 240 g/mol. The molecule has 1 aromatic rings. The van der Waals surface area contributed by atoms with Crippen LogP contribution in [-0.4, -0.2) is 29.7 Å². The minimum absolute atomic E-state index is 0.00782. The van der Waals surface area contributed by atoms with Crippen molar-refractivity contribution < 1.29 is 19.4 Å². The van der Waals surface area contributed by atoms with E-state index in [1.54, 1.807) is 25.3 Å².